The first-order valence-electron chi connectivity index (χ1n) is 16.5. The highest BCUT2D eigenvalue weighted by Crippen LogP contribution is 2.23. The van der Waals surface area contributed by atoms with E-state index in [1.807, 2.05) is 36.4 Å². The molecule has 5 nitrogen and oxygen atoms in total. The van der Waals surface area contributed by atoms with Crippen LogP contribution in [0.3, 0.4) is 0 Å². The van der Waals surface area contributed by atoms with E-state index in [9.17, 15) is 9.59 Å². The van der Waals surface area contributed by atoms with Crippen molar-refractivity contribution in [2.45, 2.75) is 118 Å². The number of carbonyl (C=O) groups is 2. The van der Waals surface area contributed by atoms with Gasteiger partial charge in [0, 0.05) is 17.2 Å². The van der Waals surface area contributed by atoms with Crippen molar-refractivity contribution < 1.29 is 35.9 Å². The molecule has 240 valence electrons. The fraction of sp³-hybridized carbons (Fsp3) is 0.500. The zero-order chi connectivity index (χ0) is 30.9. The average Bonchev–Trinajstić information content (AvgIpc) is 2.99. The van der Waals surface area contributed by atoms with Crippen LogP contribution in [0.25, 0.3) is 0 Å². The summed E-state index contributed by atoms with van der Waals surface area (Å²) in [4.78, 5) is 25.4. The van der Waals surface area contributed by atoms with Crippen LogP contribution in [0, 0.1) is 13.8 Å². The molecule has 0 atom stereocenters. The molecular formula is C38H53BrN2O3. The highest BCUT2D eigenvalue weighted by molar-refractivity contribution is 5.98. The summed E-state index contributed by atoms with van der Waals surface area (Å²) in [7, 11) is 0. The van der Waals surface area contributed by atoms with E-state index < -0.39 is 0 Å². The smallest absolute Gasteiger partial charge is 0.228 e. The van der Waals surface area contributed by atoms with Crippen molar-refractivity contribution in [2.24, 2.45) is 0 Å². The largest absolute Gasteiger partial charge is 1.00 e. The first-order chi connectivity index (χ1) is 20.9. The lowest BCUT2D eigenvalue weighted by atomic mass is 10.0. The van der Waals surface area contributed by atoms with E-state index in [0.717, 1.165) is 29.7 Å². The van der Waals surface area contributed by atoms with Gasteiger partial charge in [-0.2, -0.15) is 0 Å². The van der Waals surface area contributed by atoms with Crippen molar-refractivity contribution in [1.29, 1.82) is 0 Å². The monoisotopic (exact) mass is 664 g/mol. The summed E-state index contributed by atoms with van der Waals surface area (Å²) in [5.74, 6) is 0.440. The molecule has 0 fully saturated rings. The summed E-state index contributed by atoms with van der Waals surface area (Å²) < 4.78 is 8.14. The quantitative estimate of drug-likeness (QED) is 0.0901. The van der Waals surface area contributed by atoms with E-state index in [0.29, 0.717) is 24.5 Å². The number of aryl methyl sites for hydroxylation is 2. The van der Waals surface area contributed by atoms with Gasteiger partial charge in [0.2, 0.25) is 5.91 Å². The second-order valence-corrected chi connectivity index (χ2v) is 12.0. The number of unbranched alkanes of at least 4 members (excludes halogenated alkanes) is 11. The Labute approximate surface area is 276 Å². The van der Waals surface area contributed by atoms with Gasteiger partial charge >= 0.3 is 0 Å². The zero-order valence-corrected chi connectivity index (χ0v) is 29.0. The van der Waals surface area contributed by atoms with Crippen molar-refractivity contribution in [3.63, 3.8) is 0 Å². The highest BCUT2D eigenvalue weighted by atomic mass is 79.9. The molecule has 6 heteroatoms. The summed E-state index contributed by atoms with van der Waals surface area (Å²) in [6.45, 7) is 9.29. The maximum atomic E-state index is 13.0. The van der Waals surface area contributed by atoms with Gasteiger partial charge in [0.25, 0.3) is 0 Å². The molecule has 1 heterocycles. The standard InChI is InChI=1S/C38H52N2O3.BrH/c1-5-6-7-8-9-10-11-12-13-14-15-18-25-43-37-22-21-33(26-35(37)32(4)41)27-38(42)39-36-20-17-16-19-34(36)29-40-24-23-30(2)31(3)28-40;/h16-17,19-24,26,28H,5-15,18,25,27,29H2,1-4H3;1H. The number of hydrogen-bond donors (Lipinski definition) is 1. The lowest BCUT2D eigenvalue weighted by Gasteiger charge is -2.13. The van der Waals surface area contributed by atoms with Gasteiger partial charge in [0.05, 0.1) is 24.3 Å². The molecule has 0 saturated heterocycles. The molecule has 0 unspecified atom stereocenters. The predicted octanol–water partition coefficient (Wildman–Crippen LogP) is 6.11. The number of Topliss-reactive ketones (excluding diaryl/α,β-unsaturated/α-hetero) is 1. The molecule has 0 aliphatic carbocycles. The fourth-order valence-electron chi connectivity index (χ4n) is 5.40. The summed E-state index contributed by atoms with van der Waals surface area (Å²) in [5.41, 5.74) is 5.65. The van der Waals surface area contributed by atoms with Crippen LogP contribution < -0.4 is 31.6 Å². The third-order valence-corrected chi connectivity index (χ3v) is 8.19. The molecule has 1 N–H and O–H groups in total. The van der Waals surface area contributed by atoms with Gasteiger partial charge in [-0.3, -0.25) is 9.59 Å². The third-order valence-electron chi connectivity index (χ3n) is 8.19. The van der Waals surface area contributed by atoms with E-state index in [-0.39, 0.29) is 35.1 Å². The number of aromatic nitrogens is 1. The van der Waals surface area contributed by atoms with Crippen LogP contribution >= 0.6 is 0 Å². The summed E-state index contributed by atoms with van der Waals surface area (Å²) >= 11 is 0. The maximum Gasteiger partial charge on any atom is 0.228 e. The number of para-hydroxylation sites is 1. The van der Waals surface area contributed by atoms with Crippen LogP contribution in [-0.4, -0.2) is 18.3 Å². The molecule has 1 aromatic heterocycles. The normalized spacial score (nSPS) is 10.7. The Balaban J connectivity index is 0.00000675. The molecule has 1 amide bonds. The Hall–Kier alpha value is -2.99. The first-order valence-corrected chi connectivity index (χ1v) is 16.5. The fourth-order valence-corrected chi connectivity index (χ4v) is 5.40. The summed E-state index contributed by atoms with van der Waals surface area (Å²) in [6, 6.07) is 15.5. The minimum Gasteiger partial charge on any atom is -1.00 e. The number of hydrogen-bond acceptors (Lipinski definition) is 3. The molecule has 44 heavy (non-hydrogen) atoms. The first kappa shape index (κ1) is 37.2. The Morgan fingerprint density at radius 1 is 0.795 bits per heavy atom. The number of ether oxygens (including phenoxy) is 1. The Morgan fingerprint density at radius 2 is 1.43 bits per heavy atom. The third kappa shape index (κ3) is 13.3. The lowest BCUT2D eigenvalue weighted by Crippen LogP contribution is -3.00. The van der Waals surface area contributed by atoms with Gasteiger partial charge in [-0.05, 0) is 56.5 Å². The van der Waals surface area contributed by atoms with Crippen LogP contribution in [0.4, 0.5) is 5.69 Å². The number of benzene rings is 2. The molecule has 0 aliphatic heterocycles. The van der Waals surface area contributed by atoms with Crippen molar-refractivity contribution >= 4 is 17.4 Å². The highest BCUT2D eigenvalue weighted by Gasteiger charge is 2.15. The van der Waals surface area contributed by atoms with Crippen LogP contribution in [0.2, 0.25) is 0 Å². The molecule has 3 rings (SSSR count). The minimum atomic E-state index is -0.114. The van der Waals surface area contributed by atoms with Gasteiger partial charge in [-0.15, -0.1) is 0 Å². The molecule has 0 bridgehead atoms. The Bertz CT molecular complexity index is 1310. The molecule has 2 aromatic carbocycles. The van der Waals surface area contributed by atoms with E-state index in [1.165, 1.54) is 75.3 Å². The number of anilines is 1. The van der Waals surface area contributed by atoms with Gasteiger partial charge in [0.1, 0.15) is 5.75 Å². The number of nitrogens with one attached hydrogen (secondary N) is 1. The number of pyridine rings is 1. The average molecular weight is 666 g/mol. The van der Waals surface area contributed by atoms with E-state index in [1.54, 1.807) is 13.0 Å². The number of amides is 1. The van der Waals surface area contributed by atoms with Gasteiger partial charge < -0.3 is 27.0 Å². The Morgan fingerprint density at radius 3 is 2.07 bits per heavy atom. The zero-order valence-electron chi connectivity index (χ0n) is 27.4. The second kappa shape index (κ2) is 20.9. The van der Waals surface area contributed by atoms with Crippen molar-refractivity contribution in [2.75, 3.05) is 11.9 Å². The lowest BCUT2D eigenvalue weighted by molar-refractivity contribution is -0.688. The summed E-state index contributed by atoms with van der Waals surface area (Å²) in [5, 5.41) is 3.08. The second-order valence-electron chi connectivity index (χ2n) is 12.0. The molecule has 3 aromatic rings. The predicted molar refractivity (Wildman–Crippen MR) is 177 cm³/mol. The number of rotatable bonds is 20. The van der Waals surface area contributed by atoms with Crippen molar-refractivity contribution in [1.82, 2.24) is 0 Å². The topological polar surface area (TPSA) is 59.3 Å². The Kier molecular flexibility index (Phi) is 17.6. The molecule has 0 saturated carbocycles. The van der Waals surface area contributed by atoms with E-state index >= 15 is 0 Å². The molecule has 0 aliphatic rings. The van der Waals surface area contributed by atoms with Gasteiger partial charge in [-0.1, -0.05) is 102 Å². The van der Waals surface area contributed by atoms with E-state index in [4.69, 9.17) is 4.74 Å². The van der Waals surface area contributed by atoms with Crippen LogP contribution in [-0.2, 0) is 17.8 Å². The molecular weight excluding hydrogens is 612 g/mol. The SMILES string of the molecule is CCCCCCCCCCCCCCOc1ccc(CC(=O)Nc2ccccc2C[n+]2ccc(C)c(C)c2)cc1C(C)=O.[Br-]. The number of ketones is 1. The summed E-state index contributed by atoms with van der Waals surface area (Å²) in [6.07, 6.45) is 19.9. The van der Waals surface area contributed by atoms with Crippen LogP contribution in [0.15, 0.2) is 60.9 Å². The van der Waals surface area contributed by atoms with Crippen LogP contribution in [0.5, 0.6) is 5.75 Å². The van der Waals surface area contributed by atoms with Gasteiger partial charge in [0.15, 0.2) is 24.7 Å². The van der Waals surface area contributed by atoms with Crippen LogP contribution in [0.1, 0.15) is 124 Å². The van der Waals surface area contributed by atoms with Crippen molar-refractivity contribution in [3.8, 4) is 5.75 Å². The van der Waals surface area contributed by atoms with Crippen molar-refractivity contribution in [3.05, 3.63) is 88.7 Å². The number of halogens is 1. The van der Waals surface area contributed by atoms with Gasteiger partial charge in [-0.25, -0.2) is 4.57 Å². The molecule has 0 spiro atoms. The minimum absolute atomic E-state index is 0. The maximum absolute atomic E-state index is 13.0. The molecule has 0 radical (unpaired) electrons. The van der Waals surface area contributed by atoms with E-state index in [2.05, 4.69) is 49.1 Å². The number of nitrogens with zero attached hydrogens (tertiary/aromatic N) is 1. The number of carbonyl (C=O) groups excluding carboxylic acids is 2.